The highest BCUT2D eigenvalue weighted by atomic mass is 32.2. The molecule has 1 aromatic rings. The summed E-state index contributed by atoms with van der Waals surface area (Å²) in [4.78, 5) is 41.5. The van der Waals surface area contributed by atoms with Crippen LogP contribution in [0.15, 0.2) is 24.3 Å². The second-order valence-corrected chi connectivity index (χ2v) is 14.1. The minimum absolute atomic E-state index is 0.0352. The zero-order chi connectivity index (χ0) is 31.1. The van der Waals surface area contributed by atoms with Gasteiger partial charge in [-0.15, -0.1) is 0 Å². The van der Waals surface area contributed by atoms with Gasteiger partial charge in [0.2, 0.25) is 0 Å². The van der Waals surface area contributed by atoms with E-state index < -0.39 is 73.3 Å². The summed E-state index contributed by atoms with van der Waals surface area (Å²) in [6.07, 6.45) is -0.904. The van der Waals surface area contributed by atoms with Crippen LogP contribution in [0.3, 0.4) is 0 Å². The molecule has 1 unspecified atom stereocenters. The molecule has 1 aliphatic carbocycles. The minimum atomic E-state index is -3.99. The Balaban J connectivity index is 1.92. The Bertz CT molecular complexity index is 1540. The Morgan fingerprint density at radius 1 is 1.12 bits per heavy atom. The predicted molar refractivity (Wildman–Crippen MR) is 146 cm³/mol. The fourth-order valence-electron chi connectivity index (χ4n) is 6.92. The van der Waals surface area contributed by atoms with E-state index in [2.05, 4.69) is 11.4 Å². The molecule has 230 valence electrons. The van der Waals surface area contributed by atoms with Gasteiger partial charge in [-0.2, -0.15) is 22.1 Å². The van der Waals surface area contributed by atoms with Gasteiger partial charge < -0.3 is 14.8 Å². The smallest absolute Gasteiger partial charge is 0.414 e. The standard InChI is InChI=1S/C26H33N3O11S2/c1-5-38-22(31)18-14-24(15-20(21(30)28-24)40-42(4,35)36)10-11-26(18)25(16-27,12-13-39-41(3,33)34)17-8-6-7-9-19(17)29(26)23(32)37-2/h6-9,18,20H,5,10-15H2,1-4H3,(H,28,30)/t18-,20?,24-,25+,26-/m1/s1. The highest BCUT2D eigenvalue weighted by molar-refractivity contribution is 7.86. The van der Waals surface area contributed by atoms with Gasteiger partial charge in [-0.1, -0.05) is 18.2 Å². The number of para-hydroxylation sites is 1. The normalized spacial score (nSPS) is 30.5. The van der Waals surface area contributed by atoms with E-state index in [1.807, 2.05) is 0 Å². The molecule has 2 amide bonds. The van der Waals surface area contributed by atoms with Crippen LogP contribution in [-0.2, 0) is 53.1 Å². The Morgan fingerprint density at radius 3 is 2.40 bits per heavy atom. The Kier molecular flexibility index (Phi) is 8.37. The number of benzene rings is 1. The van der Waals surface area contributed by atoms with Gasteiger partial charge in [0.05, 0.1) is 56.0 Å². The molecule has 1 N–H and O–H groups in total. The number of ether oxygens (including phenoxy) is 2. The van der Waals surface area contributed by atoms with Crippen LogP contribution in [0.2, 0.25) is 0 Å². The van der Waals surface area contributed by atoms with Crippen molar-refractivity contribution in [3.05, 3.63) is 29.8 Å². The lowest BCUT2D eigenvalue weighted by molar-refractivity contribution is -0.155. The third kappa shape index (κ3) is 5.34. The van der Waals surface area contributed by atoms with Gasteiger partial charge in [0.25, 0.3) is 26.1 Å². The number of anilines is 1. The van der Waals surface area contributed by atoms with Gasteiger partial charge in [-0.25, -0.2) is 4.79 Å². The molecule has 42 heavy (non-hydrogen) atoms. The molecule has 14 nitrogen and oxygen atoms in total. The van der Waals surface area contributed by atoms with E-state index in [0.717, 1.165) is 19.6 Å². The molecule has 1 saturated heterocycles. The maximum absolute atomic E-state index is 13.9. The molecule has 2 heterocycles. The van der Waals surface area contributed by atoms with E-state index in [0.29, 0.717) is 11.3 Å². The first kappa shape index (κ1) is 31.7. The zero-order valence-corrected chi connectivity index (χ0v) is 25.2. The number of carbonyl (C=O) groups is 3. The largest absolute Gasteiger partial charge is 0.466 e. The maximum atomic E-state index is 13.9. The van der Waals surface area contributed by atoms with Crippen molar-refractivity contribution < 1.29 is 49.1 Å². The fraction of sp³-hybridized carbons (Fsp3) is 0.615. The first-order chi connectivity index (χ1) is 19.6. The summed E-state index contributed by atoms with van der Waals surface area (Å²) >= 11 is 0. The van der Waals surface area contributed by atoms with E-state index >= 15 is 0 Å². The van der Waals surface area contributed by atoms with Gasteiger partial charge >= 0.3 is 12.1 Å². The van der Waals surface area contributed by atoms with E-state index in [4.69, 9.17) is 17.8 Å². The van der Waals surface area contributed by atoms with E-state index in [1.165, 1.54) is 4.90 Å². The second-order valence-electron chi connectivity index (χ2n) is 10.8. The lowest BCUT2D eigenvalue weighted by Crippen LogP contribution is -2.70. The van der Waals surface area contributed by atoms with Gasteiger partial charge in [-0.05, 0) is 44.2 Å². The third-order valence-electron chi connectivity index (χ3n) is 8.34. The number of fused-ring (bicyclic) bond motifs is 1. The van der Waals surface area contributed by atoms with Gasteiger partial charge in [0, 0.05) is 12.0 Å². The average molecular weight is 628 g/mol. The van der Waals surface area contributed by atoms with Crippen molar-refractivity contribution in [2.75, 3.05) is 37.7 Å². The summed E-state index contributed by atoms with van der Waals surface area (Å²) < 4.78 is 68.0. The zero-order valence-electron chi connectivity index (χ0n) is 23.6. The van der Waals surface area contributed by atoms with E-state index in [-0.39, 0.29) is 38.7 Å². The number of amides is 2. The Labute approximate surface area is 244 Å². The van der Waals surface area contributed by atoms with Gasteiger partial charge in [0.1, 0.15) is 5.41 Å². The molecule has 2 aliphatic heterocycles. The molecule has 1 saturated carbocycles. The number of methoxy groups -OCH3 is 1. The minimum Gasteiger partial charge on any atom is -0.466 e. The quantitative estimate of drug-likeness (QED) is 0.319. The number of esters is 1. The number of nitrogens with one attached hydrogen (secondary N) is 1. The summed E-state index contributed by atoms with van der Waals surface area (Å²) in [7, 11) is -6.74. The van der Waals surface area contributed by atoms with Crippen molar-refractivity contribution in [1.82, 2.24) is 5.32 Å². The number of hydrogen-bond donors (Lipinski definition) is 1. The second kappa shape index (κ2) is 11.1. The first-order valence-electron chi connectivity index (χ1n) is 13.2. The highest BCUT2D eigenvalue weighted by Gasteiger charge is 2.72. The summed E-state index contributed by atoms with van der Waals surface area (Å²) in [5.41, 5.74) is -3.82. The molecule has 0 aromatic heterocycles. The summed E-state index contributed by atoms with van der Waals surface area (Å²) in [5, 5.41) is 13.7. The Morgan fingerprint density at radius 2 is 1.81 bits per heavy atom. The van der Waals surface area contributed by atoms with Gasteiger partial charge in [-0.3, -0.25) is 22.9 Å². The van der Waals surface area contributed by atoms with E-state index in [1.54, 1.807) is 31.2 Å². The average Bonchev–Trinajstić information content (AvgIpc) is 3.32. The predicted octanol–water partition coefficient (Wildman–Crippen LogP) is 1.11. The number of nitriles is 1. The number of hydrogen-bond acceptors (Lipinski definition) is 12. The maximum Gasteiger partial charge on any atom is 0.414 e. The molecular formula is C26H33N3O11S2. The molecular weight excluding hydrogens is 594 g/mol. The Hall–Kier alpha value is -3.26. The third-order valence-corrected chi connectivity index (χ3v) is 9.52. The SMILES string of the molecule is CCOC(=O)[C@H]1C[C@]2(CC[C@@]13N(C(=O)OC)c1ccccc1[C@@]3(C#N)CCOS(C)(=O)=O)CC(OS(C)(=O)=O)C(=O)N2. The lowest BCUT2D eigenvalue weighted by atomic mass is 9.53. The molecule has 0 radical (unpaired) electrons. The van der Waals surface area contributed by atoms with Crippen LogP contribution in [-0.4, -0.2) is 84.8 Å². The van der Waals surface area contributed by atoms with Crippen LogP contribution >= 0.6 is 0 Å². The van der Waals surface area contributed by atoms with Crippen molar-refractivity contribution in [3.63, 3.8) is 0 Å². The monoisotopic (exact) mass is 627 g/mol. The number of rotatable bonds is 8. The fourth-order valence-corrected chi connectivity index (χ4v) is 7.89. The molecule has 2 spiro atoms. The van der Waals surface area contributed by atoms with Crippen LogP contribution in [0.4, 0.5) is 10.5 Å². The molecule has 5 atom stereocenters. The molecule has 16 heteroatoms. The topological polar surface area (TPSA) is 195 Å². The molecule has 3 aliphatic rings. The number of nitrogens with zero attached hydrogens (tertiary/aromatic N) is 2. The van der Waals surface area contributed by atoms with Crippen LogP contribution in [0.1, 0.15) is 44.6 Å². The highest BCUT2D eigenvalue weighted by Crippen LogP contribution is 2.63. The molecule has 4 rings (SSSR count). The van der Waals surface area contributed by atoms with Crippen molar-refractivity contribution in [1.29, 1.82) is 5.26 Å². The van der Waals surface area contributed by atoms with Crippen molar-refractivity contribution in [2.45, 2.75) is 61.6 Å². The van der Waals surface area contributed by atoms with E-state index in [9.17, 15) is 36.5 Å². The number of carbonyl (C=O) groups excluding carboxylic acids is 3. The summed E-state index contributed by atoms with van der Waals surface area (Å²) in [5.74, 6) is -2.69. The van der Waals surface area contributed by atoms with Crippen LogP contribution < -0.4 is 10.2 Å². The molecule has 2 fully saturated rings. The summed E-state index contributed by atoms with van der Waals surface area (Å²) in [6.45, 7) is 1.13. The molecule has 0 bridgehead atoms. The van der Waals surface area contributed by atoms with Crippen molar-refractivity contribution >= 4 is 43.9 Å². The first-order valence-corrected chi connectivity index (χ1v) is 16.8. The van der Waals surface area contributed by atoms with Gasteiger partial charge in [0.15, 0.2) is 6.10 Å². The van der Waals surface area contributed by atoms with Crippen LogP contribution in [0, 0.1) is 17.2 Å². The van der Waals surface area contributed by atoms with Crippen molar-refractivity contribution in [3.8, 4) is 6.07 Å². The van der Waals surface area contributed by atoms with Crippen LogP contribution in [0.25, 0.3) is 0 Å². The lowest BCUT2D eigenvalue weighted by Gasteiger charge is -2.55. The summed E-state index contributed by atoms with van der Waals surface area (Å²) in [6, 6.07) is 8.86. The van der Waals surface area contributed by atoms with Crippen molar-refractivity contribution in [2.24, 2.45) is 5.92 Å². The van der Waals surface area contributed by atoms with Crippen LogP contribution in [0.5, 0.6) is 0 Å². The molecule has 1 aromatic carbocycles.